The van der Waals surface area contributed by atoms with Crippen molar-refractivity contribution in [3.05, 3.63) is 62.9 Å². The maximum Gasteiger partial charge on any atom is 0.285 e. The van der Waals surface area contributed by atoms with E-state index in [0.29, 0.717) is 22.9 Å². The molecule has 134 valence electrons. The number of nitrogens with zero attached hydrogens (tertiary/aromatic N) is 4. The van der Waals surface area contributed by atoms with E-state index in [0.717, 1.165) is 22.9 Å². The molecular formula is C16H14N4O6. The van der Waals surface area contributed by atoms with Gasteiger partial charge in [-0.15, -0.1) is 0 Å². The second-order valence-corrected chi connectivity index (χ2v) is 5.19. The first-order valence-corrected chi connectivity index (χ1v) is 7.41. The summed E-state index contributed by atoms with van der Waals surface area (Å²) in [6.07, 6.45) is 1.13. The van der Waals surface area contributed by atoms with Gasteiger partial charge in [0.25, 0.3) is 11.2 Å². The Morgan fingerprint density at radius 1 is 1.19 bits per heavy atom. The molecule has 2 aromatic heterocycles. The van der Waals surface area contributed by atoms with Crippen LogP contribution >= 0.6 is 0 Å². The number of hydrogen-bond donors (Lipinski definition) is 0. The maximum absolute atomic E-state index is 11.8. The first-order valence-electron chi connectivity index (χ1n) is 7.41. The van der Waals surface area contributed by atoms with E-state index in [-0.39, 0.29) is 18.1 Å². The SMILES string of the molecule is COc1ccc(-c2noc(Cn3cc([N+](=O)[O-])ccc3=O)n2)cc1OC. The lowest BCUT2D eigenvalue weighted by atomic mass is 10.2. The summed E-state index contributed by atoms with van der Waals surface area (Å²) in [4.78, 5) is 26.3. The molecule has 0 saturated carbocycles. The molecular weight excluding hydrogens is 344 g/mol. The van der Waals surface area contributed by atoms with Crippen molar-refractivity contribution in [2.24, 2.45) is 0 Å². The molecule has 0 saturated heterocycles. The molecule has 0 atom stereocenters. The van der Waals surface area contributed by atoms with Gasteiger partial charge in [0.2, 0.25) is 11.7 Å². The van der Waals surface area contributed by atoms with E-state index in [2.05, 4.69) is 10.1 Å². The molecule has 1 aromatic carbocycles. The van der Waals surface area contributed by atoms with Crippen molar-refractivity contribution in [3.8, 4) is 22.9 Å². The zero-order valence-electron chi connectivity index (χ0n) is 13.9. The lowest BCUT2D eigenvalue weighted by Crippen LogP contribution is -2.19. The first kappa shape index (κ1) is 17.1. The largest absolute Gasteiger partial charge is 0.493 e. The summed E-state index contributed by atoms with van der Waals surface area (Å²) in [5, 5.41) is 14.7. The Balaban J connectivity index is 1.88. The van der Waals surface area contributed by atoms with Crippen LogP contribution in [-0.2, 0) is 6.54 Å². The van der Waals surface area contributed by atoms with E-state index in [1.165, 1.54) is 14.2 Å². The van der Waals surface area contributed by atoms with Crippen LogP contribution in [0.15, 0.2) is 45.8 Å². The Morgan fingerprint density at radius 2 is 1.96 bits per heavy atom. The summed E-state index contributed by atoms with van der Waals surface area (Å²) in [6, 6.07) is 7.38. The van der Waals surface area contributed by atoms with E-state index in [1.54, 1.807) is 18.2 Å². The van der Waals surface area contributed by atoms with Crippen molar-refractivity contribution in [2.45, 2.75) is 6.54 Å². The minimum absolute atomic E-state index is 0.0825. The van der Waals surface area contributed by atoms with E-state index in [4.69, 9.17) is 14.0 Å². The van der Waals surface area contributed by atoms with Gasteiger partial charge in [0.05, 0.1) is 25.3 Å². The Kier molecular flexibility index (Phi) is 4.65. The van der Waals surface area contributed by atoms with Crippen LogP contribution in [0.2, 0.25) is 0 Å². The van der Waals surface area contributed by atoms with Gasteiger partial charge in [-0.25, -0.2) is 0 Å². The zero-order valence-corrected chi connectivity index (χ0v) is 13.9. The average molecular weight is 358 g/mol. The van der Waals surface area contributed by atoms with Crippen LogP contribution < -0.4 is 15.0 Å². The van der Waals surface area contributed by atoms with Gasteiger partial charge in [0.15, 0.2) is 11.5 Å². The quantitative estimate of drug-likeness (QED) is 0.483. The molecule has 0 N–H and O–H groups in total. The van der Waals surface area contributed by atoms with Crippen molar-refractivity contribution in [2.75, 3.05) is 14.2 Å². The van der Waals surface area contributed by atoms with Gasteiger partial charge in [-0.1, -0.05) is 5.16 Å². The number of methoxy groups -OCH3 is 2. The third-order valence-corrected chi connectivity index (χ3v) is 3.59. The van der Waals surface area contributed by atoms with Gasteiger partial charge in [-0.05, 0) is 18.2 Å². The van der Waals surface area contributed by atoms with Gasteiger partial charge in [0, 0.05) is 17.7 Å². The van der Waals surface area contributed by atoms with Crippen molar-refractivity contribution >= 4 is 5.69 Å². The molecule has 0 aliphatic heterocycles. The van der Waals surface area contributed by atoms with Crippen molar-refractivity contribution in [3.63, 3.8) is 0 Å². The molecule has 0 radical (unpaired) electrons. The molecule has 0 amide bonds. The fourth-order valence-electron chi connectivity index (χ4n) is 2.31. The molecule has 0 spiro atoms. The Labute approximate surface area is 146 Å². The molecule has 0 aliphatic carbocycles. The predicted molar refractivity (Wildman–Crippen MR) is 89.3 cm³/mol. The summed E-state index contributed by atoms with van der Waals surface area (Å²) in [6.45, 7) is -0.0825. The van der Waals surface area contributed by atoms with Gasteiger partial charge in [-0.3, -0.25) is 19.5 Å². The van der Waals surface area contributed by atoms with Crippen LogP contribution in [0.25, 0.3) is 11.4 Å². The van der Waals surface area contributed by atoms with Gasteiger partial charge in [-0.2, -0.15) is 4.98 Å². The summed E-state index contributed by atoms with van der Waals surface area (Å²) in [5.41, 5.74) is 0.00901. The molecule has 0 fully saturated rings. The van der Waals surface area contributed by atoms with Crippen LogP contribution in [-0.4, -0.2) is 33.9 Å². The number of rotatable bonds is 6. The highest BCUT2D eigenvalue weighted by Crippen LogP contribution is 2.31. The van der Waals surface area contributed by atoms with Crippen LogP contribution in [0.4, 0.5) is 5.69 Å². The topological polar surface area (TPSA) is 123 Å². The molecule has 26 heavy (non-hydrogen) atoms. The zero-order chi connectivity index (χ0) is 18.7. The minimum atomic E-state index is -0.585. The fraction of sp³-hybridized carbons (Fsp3) is 0.188. The molecule has 10 heteroatoms. The number of ether oxygens (including phenoxy) is 2. The number of aromatic nitrogens is 3. The average Bonchev–Trinajstić information content (AvgIpc) is 3.11. The fourth-order valence-corrected chi connectivity index (χ4v) is 2.31. The minimum Gasteiger partial charge on any atom is -0.493 e. The first-order chi connectivity index (χ1) is 12.5. The lowest BCUT2D eigenvalue weighted by molar-refractivity contribution is -0.385. The summed E-state index contributed by atoms with van der Waals surface area (Å²) in [7, 11) is 3.04. The van der Waals surface area contributed by atoms with Crippen molar-refractivity contribution < 1.29 is 18.9 Å². The lowest BCUT2D eigenvalue weighted by Gasteiger charge is -2.07. The van der Waals surface area contributed by atoms with Crippen molar-refractivity contribution in [1.29, 1.82) is 0 Å². The number of nitro groups is 1. The van der Waals surface area contributed by atoms with Gasteiger partial charge < -0.3 is 14.0 Å². The second kappa shape index (κ2) is 7.05. The normalized spacial score (nSPS) is 10.5. The molecule has 3 aromatic rings. The van der Waals surface area contributed by atoms with Crippen LogP contribution in [0.5, 0.6) is 11.5 Å². The molecule has 3 rings (SSSR count). The van der Waals surface area contributed by atoms with Gasteiger partial charge in [0.1, 0.15) is 6.54 Å². The second-order valence-electron chi connectivity index (χ2n) is 5.19. The summed E-state index contributed by atoms with van der Waals surface area (Å²) < 4.78 is 16.7. The van der Waals surface area contributed by atoms with Crippen LogP contribution in [0.1, 0.15) is 5.89 Å². The molecule has 0 aliphatic rings. The third kappa shape index (κ3) is 3.38. The molecule has 0 unspecified atom stereocenters. The van der Waals surface area contributed by atoms with E-state index in [9.17, 15) is 14.9 Å². The van der Waals surface area contributed by atoms with E-state index >= 15 is 0 Å². The highest BCUT2D eigenvalue weighted by Gasteiger charge is 2.14. The smallest absolute Gasteiger partial charge is 0.285 e. The Hall–Kier alpha value is -3.69. The predicted octanol–water partition coefficient (Wildman–Crippen LogP) is 1.87. The summed E-state index contributed by atoms with van der Waals surface area (Å²) >= 11 is 0. The summed E-state index contributed by atoms with van der Waals surface area (Å²) in [5.74, 6) is 1.49. The highest BCUT2D eigenvalue weighted by atomic mass is 16.6. The van der Waals surface area contributed by atoms with Crippen LogP contribution in [0, 0.1) is 10.1 Å². The number of pyridine rings is 1. The highest BCUT2D eigenvalue weighted by molar-refractivity contribution is 5.60. The van der Waals surface area contributed by atoms with E-state index < -0.39 is 10.5 Å². The van der Waals surface area contributed by atoms with Crippen LogP contribution in [0.3, 0.4) is 0 Å². The molecule has 10 nitrogen and oxygen atoms in total. The number of benzene rings is 1. The molecule has 2 heterocycles. The standard InChI is InChI=1S/C16H14N4O6/c1-24-12-5-3-10(7-13(12)25-2)16-17-14(26-18-16)9-19-8-11(20(22)23)4-6-15(19)21/h3-8H,9H2,1-2H3. The van der Waals surface area contributed by atoms with Crippen molar-refractivity contribution in [1.82, 2.24) is 14.7 Å². The Bertz CT molecular complexity index is 1010. The third-order valence-electron chi connectivity index (χ3n) is 3.59. The van der Waals surface area contributed by atoms with E-state index in [1.807, 2.05) is 0 Å². The van der Waals surface area contributed by atoms with Gasteiger partial charge >= 0.3 is 0 Å². The monoisotopic (exact) mass is 358 g/mol. The molecule has 0 bridgehead atoms. The Morgan fingerprint density at radius 3 is 2.65 bits per heavy atom. The maximum atomic E-state index is 11.8. The number of hydrogen-bond acceptors (Lipinski definition) is 8.